The molecule has 1 unspecified atom stereocenters. The molecule has 0 saturated carbocycles. The lowest BCUT2D eigenvalue weighted by molar-refractivity contribution is 0.00460. The summed E-state index contributed by atoms with van der Waals surface area (Å²) in [5.74, 6) is 1.45. The lowest BCUT2D eigenvalue weighted by Gasteiger charge is -2.28. The summed E-state index contributed by atoms with van der Waals surface area (Å²) in [4.78, 5) is 2.19. The number of benzene rings is 1. The molecule has 6 nitrogen and oxygen atoms in total. The van der Waals surface area contributed by atoms with Crippen molar-refractivity contribution < 1.29 is 19.1 Å². The van der Waals surface area contributed by atoms with Crippen LogP contribution in [-0.4, -0.2) is 60.7 Å². The Kier molecular flexibility index (Phi) is 5.27. The normalized spacial score (nSPS) is 17.1. The van der Waals surface area contributed by atoms with Gasteiger partial charge in [0.2, 0.25) is 0 Å². The van der Waals surface area contributed by atoms with Crippen LogP contribution in [0.2, 0.25) is 0 Å². The molecule has 1 aliphatic heterocycles. The van der Waals surface area contributed by atoms with E-state index in [-0.39, 0.29) is 6.61 Å². The number of ether oxygens (including phenoxy) is 2. The number of morpholine rings is 1. The molecule has 23 heavy (non-hydrogen) atoms. The zero-order chi connectivity index (χ0) is 16.1. The van der Waals surface area contributed by atoms with Gasteiger partial charge in [0.05, 0.1) is 19.4 Å². The van der Waals surface area contributed by atoms with Crippen LogP contribution in [0.1, 0.15) is 5.56 Å². The van der Waals surface area contributed by atoms with E-state index >= 15 is 0 Å². The van der Waals surface area contributed by atoms with Gasteiger partial charge in [-0.3, -0.25) is 4.90 Å². The van der Waals surface area contributed by atoms with Crippen molar-refractivity contribution in [2.24, 2.45) is 0 Å². The fourth-order valence-electron chi connectivity index (χ4n) is 2.59. The minimum absolute atomic E-state index is 0.262. The van der Waals surface area contributed by atoms with E-state index in [1.807, 2.05) is 31.2 Å². The molecule has 1 N–H and O–H groups in total. The van der Waals surface area contributed by atoms with Gasteiger partial charge in [-0.1, -0.05) is 17.3 Å². The van der Waals surface area contributed by atoms with Gasteiger partial charge in [0, 0.05) is 31.3 Å². The molecule has 3 rings (SSSR count). The third-order valence-electron chi connectivity index (χ3n) is 3.91. The van der Waals surface area contributed by atoms with Gasteiger partial charge in [-0.25, -0.2) is 0 Å². The zero-order valence-electron chi connectivity index (χ0n) is 13.3. The monoisotopic (exact) mass is 318 g/mol. The Morgan fingerprint density at radius 3 is 2.87 bits per heavy atom. The molecular weight excluding hydrogens is 296 g/mol. The summed E-state index contributed by atoms with van der Waals surface area (Å²) >= 11 is 0. The Morgan fingerprint density at radius 2 is 2.13 bits per heavy atom. The summed E-state index contributed by atoms with van der Waals surface area (Å²) < 4.78 is 16.3. The molecule has 124 valence electrons. The molecule has 1 atom stereocenters. The molecule has 6 heteroatoms. The van der Waals surface area contributed by atoms with Gasteiger partial charge in [-0.05, 0) is 18.6 Å². The molecule has 2 heterocycles. The van der Waals surface area contributed by atoms with Gasteiger partial charge >= 0.3 is 0 Å². The molecule has 0 amide bonds. The Balaban J connectivity index is 1.57. The molecule has 0 aliphatic carbocycles. The van der Waals surface area contributed by atoms with Crippen molar-refractivity contribution in [3.8, 4) is 17.1 Å². The van der Waals surface area contributed by atoms with Gasteiger partial charge in [-0.15, -0.1) is 0 Å². The molecule has 2 aromatic rings. The first kappa shape index (κ1) is 16.0. The average Bonchev–Trinajstić information content (AvgIpc) is 3.09. The van der Waals surface area contributed by atoms with Gasteiger partial charge < -0.3 is 19.1 Å². The maximum absolute atomic E-state index is 10.2. The molecule has 0 radical (unpaired) electrons. The van der Waals surface area contributed by atoms with Gasteiger partial charge in [-0.2, -0.15) is 0 Å². The van der Waals surface area contributed by atoms with E-state index in [1.165, 1.54) is 0 Å². The molecular formula is C17H22N2O4. The summed E-state index contributed by atoms with van der Waals surface area (Å²) in [6, 6.07) is 7.66. The number of hydrogen-bond acceptors (Lipinski definition) is 6. The van der Waals surface area contributed by atoms with Crippen LogP contribution in [0.3, 0.4) is 0 Å². The number of aliphatic hydroxyl groups is 1. The van der Waals surface area contributed by atoms with Crippen LogP contribution in [0.15, 0.2) is 35.0 Å². The minimum Gasteiger partial charge on any atom is -0.491 e. The van der Waals surface area contributed by atoms with E-state index in [9.17, 15) is 5.11 Å². The Morgan fingerprint density at radius 1 is 1.30 bits per heavy atom. The molecule has 1 saturated heterocycles. The van der Waals surface area contributed by atoms with E-state index < -0.39 is 6.10 Å². The van der Waals surface area contributed by atoms with Crippen LogP contribution < -0.4 is 4.74 Å². The number of rotatable bonds is 6. The second-order valence-corrected chi connectivity index (χ2v) is 5.73. The van der Waals surface area contributed by atoms with E-state index in [0.717, 1.165) is 43.2 Å². The van der Waals surface area contributed by atoms with Crippen molar-refractivity contribution in [2.45, 2.75) is 13.0 Å². The van der Waals surface area contributed by atoms with Crippen molar-refractivity contribution in [2.75, 3.05) is 39.5 Å². The summed E-state index contributed by atoms with van der Waals surface area (Å²) in [6.07, 6.45) is 1.09. The second-order valence-electron chi connectivity index (χ2n) is 5.73. The van der Waals surface area contributed by atoms with Crippen molar-refractivity contribution in [1.82, 2.24) is 10.1 Å². The molecule has 1 fully saturated rings. The maximum Gasteiger partial charge on any atom is 0.166 e. The van der Waals surface area contributed by atoms with E-state index in [0.29, 0.717) is 12.3 Å². The molecule has 1 aliphatic rings. The fraction of sp³-hybridized carbons (Fsp3) is 0.471. The predicted molar refractivity (Wildman–Crippen MR) is 85.4 cm³/mol. The minimum atomic E-state index is -0.526. The van der Waals surface area contributed by atoms with Crippen molar-refractivity contribution >= 4 is 0 Å². The third-order valence-corrected chi connectivity index (χ3v) is 3.91. The van der Waals surface area contributed by atoms with Gasteiger partial charge in [0.15, 0.2) is 5.76 Å². The van der Waals surface area contributed by atoms with Crippen LogP contribution in [0.4, 0.5) is 0 Å². The molecule has 0 bridgehead atoms. The Hall–Kier alpha value is -1.89. The number of aliphatic hydroxyl groups excluding tert-OH is 1. The first-order chi connectivity index (χ1) is 11.2. The Labute approximate surface area is 135 Å². The number of hydrogen-bond donors (Lipinski definition) is 1. The van der Waals surface area contributed by atoms with E-state index in [4.69, 9.17) is 14.0 Å². The fourth-order valence-corrected chi connectivity index (χ4v) is 2.59. The summed E-state index contributed by atoms with van der Waals surface area (Å²) in [7, 11) is 0. The standard InChI is InChI=1S/C17H22N2O4/c1-13-2-3-14(16-4-5-18-23-16)10-17(13)22-12-15(20)11-19-6-8-21-9-7-19/h2-5,10,15,20H,6-9,11-12H2,1H3. The zero-order valence-corrected chi connectivity index (χ0v) is 13.3. The highest BCUT2D eigenvalue weighted by atomic mass is 16.5. The number of β-amino-alcohol motifs (C(OH)–C–C–N with tert-alkyl or cyclic N) is 1. The Bertz CT molecular complexity index is 609. The largest absolute Gasteiger partial charge is 0.491 e. The van der Waals surface area contributed by atoms with Crippen molar-refractivity contribution in [3.63, 3.8) is 0 Å². The first-order valence-electron chi connectivity index (χ1n) is 7.85. The van der Waals surface area contributed by atoms with Crippen molar-refractivity contribution in [1.29, 1.82) is 0 Å². The third kappa shape index (κ3) is 4.31. The molecule has 1 aromatic heterocycles. The highest BCUT2D eigenvalue weighted by molar-refractivity contribution is 5.60. The van der Waals surface area contributed by atoms with Crippen LogP contribution in [0.5, 0.6) is 5.75 Å². The smallest absolute Gasteiger partial charge is 0.166 e. The van der Waals surface area contributed by atoms with Crippen LogP contribution in [0, 0.1) is 6.92 Å². The SMILES string of the molecule is Cc1ccc(-c2ccno2)cc1OCC(O)CN1CCOCC1. The first-order valence-corrected chi connectivity index (χ1v) is 7.85. The van der Waals surface area contributed by atoms with Crippen LogP contribution >= 0.6 is 0 Å². The quantitative estimate of drug-likeness (QED) is 0.875. The average molecular weight is 318 g/mol. The highest BCUT2D eigenvalue weighted by Crippen LogP contribution is 2.26. The predicted octanol–water partition coefficient (Wildman–Crippen LogP) is 1.72. The number of aryl methyl sites for hydroxylation is 1. The number of nitrogens with zero attached hydrogens (tertiary/aromatic N) is 2. The highest BCUT2D eigenvalue weighted by Gasteiger charge is 2.16. The summed E-state index contributed by atoms with van der Waals surface area (Å²) in [6.45, 7) is 6.02. The molecule has 1 aromatic carbocycles. The van der Waals surface area contributed by atoms with E-state index in [1.54, 1.807) is 6.20 Å². The summed E-state index contributed by atoms with van der Waals surface area (Å²) in [5, 5.41) is 13.9. The van der Waals surface area contributed by atoms with Gasteiger partial charge in [0.1, 0.15) is 18.5 Å². The topological polar surface area (TPSA) is 68.0 Å². The second kappa shape index (κ2) is 7.59. The number of aromatic nitrogens is 1. The lowest BCUT2D eigenvalue weighted by atomic mass is 10.1. The van der Waals surface area contributed by atoms with Gasteiger partial charge in [0.25, 0.3) is 0 Å². The maximum atomic E-state index is 10.2. The van der Waals surface area contributed by atoms with Crippen molar-refractivity contribution in [3.05, 3.63) is 36.0 Å². The summed E-state index contributed by atoms with van der Waals surface area (Å²) in [5.41, 5.74) is 1.93. The van der Waals surface area contributed by atoms with Crippen LogP contribution in [0.25, 0.3) is 11.3 Å². The molecule has 0 spiro atoms. The van der Waals surface area contributed by atoms with E-state index in [2.05, 4.69) is 10.1 Å². The van der Waals surface area contributed by atoms with Crippen LogP contribution in [-0.2, 0) is 4.74 Å². The lowest BCUT2D eigenvalue weighted by Crippen LogP contribution is -2.42.